The Balaban J connectivity index is 1.68. The number of carboxylic acid groups (broad SMARTS) is 1. The summed E-state index contributed by atoms with van der Waals surface area (Å²) in [4.78, 5) is 11.6. The minimum Gasteiger partial charge on any atom is -0.479 e. The van der Waals surface area contributed by atoms with Gasteiger partial charge in [-0.25, -0.2) is 4.79 Å². The van der Waals surface area contributed by atoms with Crippen molar-refractivity contribution in [3.63, 3.8) is 0 Å². The minimum absolute atomic E-state index is 0.113. The Morgan fingerprint density at radius 3 is 2.21 bits per heavy atom. The molecule has 0 aromatic heterocycles. The van der Waals surface area contributed by atoms with E-state index in [0.717, 1.165) is 37.7 Å². The zero-order valence-corrected chi connectivity index (χ0v) is 17.2. The van der Waals surface area contributed by atoms with E-state index in [9.17, 15) is 30.3 Å². The van der Waals surface area contributed by atoms with Gasteiger partial charge in [0.2, 0.25) is 5.79 Å². The van der Waals surface area contributed by atoms with E-state index in [2.05, 4.69) is 6.07 Å². The van der Waals surface area contributed by atoms with E-state index < -0.39 is 36.2 Å². The zero-order valence-electron chi connectivity index (χ0n) is 17.2. The number of benzene rings is 5. The molecular formula is C26H20O7. The molecular weight excluding hydrogens is 424 g/mol. The number of rotatable bonds is 2. The van der Waals surface area contributed by atoms with Crippen molar-refractivity contribution in [1.29, 1.82) is 0 Å². The summed E-state index contributed by atoms with van der Waals surface area (Å²) in [5.74, 6) is -4.11. The Kier molecular flexibility index (Phi) is 4.20. The van der Waals surface area contributed by atoms with Crippen LogP contribution in [-0.4, -0.2) is 55.9 Å². The largest absolute Gasteiger partial charge is 0.479 e. The monoisotopic (exact) mass is 444 g/mol. The predicted molar refractivity (Wildman–Crippen MR) is 122 cm³/mol. The van der Waals surface area contributed by atoms with Gasteiger partial charge in [-0.05, 0) is 49.2 Å². The predicted octanol–water partition coefficient (Wildman–Crippen LogP) is 2.45. The average Bonchev–Trinajstić information content (AvgIpc) is 2.82. The molecule has 7 heteroatoms. The Morgan fingerprint density at radius 1 is 0.758 bits per heavy atom. The van der Waals surface area contributed by atoms with Crippen LogP contribution in [0.25, 0.3) is 43.1 Å². The fourth-order valence-electron chi connectivity index (χ4n) is 5.22. The first-order valence-corrected chi connectivity index (χ1v) is 10.6. The van der Waals surface area contributed by atoms with Gasteiger partial charge in [0.1, 0.15) is 18.3 Å². The molecule has 1 heterocycles. The number of aliphatic hydroxyl groups excluding tert-OH is 3. The highest BCUT2D eigenvalue weighted by molar-refractivity contribution is 6.29. The molecule has 0 spiro atoms. The molecule has 5 atom stereocenters. The number of hydrogen-bond acceptors (Lipinski definition) is 6. The normalized spacial score (nSPS) is 28.2. The molecule has 166 valence electrons. The molecule has 1 saturated heterocycles. The highest BCUT2D eigenvalue weighted by Crippen LogP contribution is 2.44. The van der Waals surface area contributed by atoms with Crippen LogP contribution in [0.4, 0.5) is 0 Å². The molecule has 1 unspecified atom stereocenters. The smallest absolute Gasteiger partial charge is 0.335 e. The quantitative estimate of drug-likeness (QED) is 0.209. The van der Waals surface area contributed by atoms with Crippen molar-refractivity contribution in [2.45, 2.75) is 30.2 Å². The molecule has 1 aliphatic rings. The van der Waals surface area contributed by atoms with Crippen LogP contribution in [0.3, 0.4) is 0 Å². The topological polar surface area (TPSA) is 127 Å². The van der Waals surface area contributed by atoms with Gasteiger partial charge in [-0.1, -0.05) is 60.7 Å². The molecule has 33 heavy (non-hydrogen) atoms. The lowest BCUT2D eigenvalue weighted by atomic mass is 9.83. The molecule has 0 aliphatic carbocycles. The number of hydrogen-bond donors (Lipinski definition) is 5. The van der Waals surface area contributed by atoms with Crippen LogP contribution in [0.2, 0.25) is 0 Å². The lowest BCUT2D eigenvalue weighted by molar-refractivity contribution is -0.349. The van der Waals surface area contributed by atoms with Crippen molar-refractivity contribution >= 4 is 49.1 Å². The molecule has 6 rings (SSSR count). The number of carbonyl (C=O) groups is 1. The molecule has 0 saturated carbocycles. The van der Waals surface area contributed by atoms with Gasteiger partial charge in [-0.15, -0.1) is 0 Å². The molecule has 0 radical (unpaired) electrons. The molecule has 0 bridgehead atoms. The number of fused-ring (bicyclic) bond motifs is 2. The van der Waals surface area contributed by atoms with Crippen LogP contribution < -0.4 is 0 Å². The van der Waals surface area contributed by atoms with Gasteiger partial charge in [0, 0.05) is 5.56 Å². The van der Waals surface area contributed by atoms with Gasteiger partial charge in [-0.3, -0.25) is 0 Å². The van der Waals surface area contributed by atoms with Crippen LogP contribution >= 0.6 is 0 Å². The van der Waals surface area contributed by atoms with Crippen molar-refractivity contribution in [3.05, 3.63) is 72.3 Å². The van der Waals surface area contributed by atoms with E-state index in [4.69, 9.17) is 4.74 Å². The SMILES string of the molecule is O=C(O)[C@H]1OC(O)(c2ccc3ccc4c5ccccc5cc5ccc2c3c54)[C@H](O)[C@@H](O)[C@@H]1O. The first-order valence-electron chi connectivity index (χ1n) is 10.6. The molecule has 5 aromatic carbocycles. The maximum absolute atomic E-state index is 11.6. The fraction of sp³-hybridized carbons (Fsp3) is 0.192. The van der Waals surface area contributed by atoms with Gasteiger partial charge in [0.25, 0.3) is 0 Å². The van der Waals surface area contributed by atoms with E-state index in [1.165, 1.54) is 0 Å². The molecule has 1 fully saturated rings. The van der Waals surface area contributed by atoms with Gasteiger partial charge >= 0.3 is 5.97 Å². The van der Waals surface area contributed by atoms with E-state index in [1.54, 1.807) is 18.2 Å². The summed E-state index contributed by atoms with van der Waals surface area (Å²) >= 11 is 0. The summed E-state index contributed by atoms with van der Waals surface area (Å²) in [6.45, 7) is 0. The highest BCUT2D eigenvalue weighted by Gasteiger charge is 2.56. The summed E-state index contributed by atoms with van der Waals surface area (Å²) in [5, 5.41) is 59.3. The Morgan fingerprint density at radius 2 is 1.42 bits per heavy atom. The van der Waals surface area contributed by atoms with Crippen LogP contribution in [0.1, 0.15) is 5.56 Å². The van der Waals surface area contributed by atoms with Crippen molar-refractivity contribution in [2.24, 2.45) is 0 Å². The second-order valence-electron chi connectivity index (χ2n) is 8.63. The van der Waals surface area contributed by atoms with Gasteiger partial charge in [0.05, 0.1) is 0 Å². The second kappa shape index (κ2) is 6.84. The Hall–Kier alpha value is -3.33. The van der Waals surface area contributed by atoms with E-state index >= 15 is 0 Å². The third kappa shape index (κ3) is 2.65. The molecule has 7 nitrogen and oxygen atoms in total. The van der Waals surface area contributed by atoms with E-state index in [-0.39, 0.29) is 5.56 Å². The summed E-state index contributed by atoms with van der Waals surface area (Å²) in [7, 11) is 0. The summed E-state index contributed by atoms with van der Waals surface area (Å²) in [6, 6.07) is 21.1. The van der Waals surface area contributed by atoms with Gasteiger partial charge in [0.15, 0.2) is 6.10 Å². The van der Waals surface area contributed by atoms with E-state index in [0.29, 0.717) is 5.39 Å². The molecule has 5 aromatic rings. The first kappa shape index (κ1) is 20.3. The maximum atomic E-state index is 11.6. The highest BCUT2D eigenvalue weighted by atomic mass is 16.7. The van der Waals surface area contributed by atoms with Gasteiger partial charge in [-0.2, -0.15) is 0 Å². The lowest BCUT2D eigenvalue weighted by Gasteiger charge is -2.45. The summed E-state index contributed by atoms with van der Waals surface area (Å²) in [5.41, 5.74) is 0.113. The number of carboxylic acids is 1. The summed E-state index contributed by atoms with van der Waals surface area (Å²) < 4.78 is 5.37. The van der Waals surface area contributed by atoms with Crippen molar-refractivity contribution in [1.82, 2.24) is 0 Å². The zero-order chi connectivity index (χ0) is 23.1. The van der Waals surface area contributed by atoms with Crippen LogP contribution in [0.5, 0.6) is 0 Å². The Bertz CT molecular complexity index is 1560. The van der Waals surface area contributed by atoms with Crippen molar-refractivity contribution in [2.75, 3.05) is 0 Å². The molecule has 5 N–H and O–H groups in total. The number of aliphatic carboxylic acids is 1. The van der Waals surface area contributed by atoms with Gasteiger partial charge < -0.3 is 30.3 Å². The lowest BCUT2D eigenvalue weighted by Crippen LogP contribution is -2.64. The van der Waals surface area contributed by atoms with Crippen LogP contribution in [-0.2, 0) is 15.3 Å². The summed E-state index contributed by atoms with van der Waals surface area (Å²) in [6.07, 6.45) is -7.71. The first-order chi connectivity index (χ1) is 15.8. The van der Waals surface area contributed by atoms with E-state index in [1.807, 2.05) is 42.5 Å². The third-order valence-corrected chi connectivity index (χ3v) is 6.83. The van der Waals surface area contributed by atoms with Crippen LogP contribution in [0, 0.1) is 0 Å². The minimum atomic E-state index is -2.55. The number of aliphatic hydroxyl groups is 4. The third-order valence-electron chi connectivity index (χ3n) is 6.83. The fourth-order valence-corrected chi connectivity index (χ4v) is 5.22. The number of ether oxygens (including phenoxy) is 1. The van der Waals surface area contributed by atoms with Crippen molar-refractivity contribution < 1.29 is 35.1 Å². The van der Waals surface area contributed by atoms with Crippen LogP contribution in [0.15, 0.2) is 66.7 Å². The Labute approximate surface area is 187 Å². The second-order valence-corrected chi connectivity index (χ2v) is 8.63. The standard InChI is InChI=1S/C26H20O7/c27-21-22(28)24(29)26(32,33-23(21)25(30)31)18-10-7-12-5-8-16-15-4-2-1-3-13(15)11-14-6-9-17(18)19(12)20(14)16/h1-11,21-24,27-29,32H,(H,30,31)/t21-,22-,23-,24+,26?/m0/s1. The average molecular weight is 444 g/mol. The molecule has 1 aliphatic heterocycles. The molecule has 0 amide bonds. The van der Waals surface area contributed by atoms with Crippen molar-refractivity contribution in [3.8, 4) is 0 Å². The maximum Gasteiger partial charge on any atom is 0.335 e.